The zero-order valence-corrected chi connectivity index (χ0v) is 21.2. The van der Waals surface area contributed by atoms with E-state index in [9.17, 15) is 9.90 Å². The molecule has 0 fully saturated rings. The molecule has 1 aliphatic rings. The van der Waals surface area contributed by atoms with Gasteiger partial charge in [0.05, 0.1) is 38.8 Å². The number of allylic oxidation sites excluding steroid dienone is 1. The second kappa shape index (κ2) is 10.1. The van der Waals surface area contributed by atoms with Gasteiger partial charge in [0.15, 0.2) is 17.3 Å². The van der Waals surface area contributed by atoms with Gasteiger partial charge in [0.2, 0.25) is 11.7 Å². The molecule has 11 heteroatoms. The first-order valence-corrected chi connectivity index (χ1v) is 11.7. The highest BCUT2D eigenvalue weighted by molar-refractivity contribution is 6.06. The molecule has 0 saturated heterocycles. The molecule has 11 nitrogen and oxygen atoms in total. The molecule has 3 heterocycles. The molecule has 4 aromatic rings. The highest BCUT2D eigenvalue weighted by atomic mass is 16.5. The van der Waals surface area contributed by atoms with Crippen molar-refractivity contribution in [3.63, 3.8) is 0 Å². The number of nitrogens with zero attached hydrogens (tertiary/aromatic N) is 4. The highest BCUT2D eigenvalue weighted by Gasteiger charge is 2.36. The number of hydrogen-bond donors (Lipinski definition) is 3. The van der Waals surface area contributed by atoms with Gasteiger partial charge in [-0.3, -0.25) is 9.78 Å². The van der Waals surface area contributed by atoms with Crippen LogP contribution in [-0.4, -0.2) is 52.1 Å². The van der Waals surface area contributed by atoms with Crippen LogP contribution in [0.15, 0.2) is 72.2 Å². The van der Waals surface area contributed by atoms with Crippen LogP contribution in [0.25, 0.3) is 11.4 Å². The van der Waals surface area contributed by atoms with Crippen LogP contribution in [0.5, 0.6) is 23.0 Å². The number of carbonyl (C=O) groups is 1. The largest absolute Gasteiger partial charge is 0.508 e. The number of benzene rings is 2. The number of aromatic nitrogens is 4. The van der Waals surface area contributed by atoms with E-state index in [2.05, 4.69) is 20.6 Å². The van der Waals surface area contributed by atoms with Gasteiger partial charge in [0.1, 0.15) is 11.8 Å². The van der Waals surface area contributed by atoms with Gasteiger partial charge in [-0.1, -0.05) is 0 Å². The zero-order valence-electron chi connectivity index (χ0n) is 21.2. The lowest BCUT2D eigenvalue weighted by atomic mass is 9.94. The molecule has 2 aromatic carbocycles. The van der Waals surface area contributed by atoms with Gasteiger partial charge < -0.3 is 30.0 Å². The van der Waals surface area contributed by atoms with Crippen molar-refractivity contribution in [3.05, 3.63) is 77.8 Å². The van der Waals surface area contributed by atoms with Crippen molar-refractivity contribution in [3.8, 4) is 34.4 Å². The molecule has 0 saturated carbocycles. The summed E-state index contributed by atoms with van der Waals surface area (Å²) in [5, 5.41) is 20.6. The van der Waals surface area contributed by atoms with E-state index in [0.717, 1.165) is 0 Å². The Bertz CT molecular complexity index is 1490. The Labute approximate surface area is 218 Å². The lowest BCUT2D eigenvalue weighted by molar-refractivity contribution is -0.113. The maximum atomic E-state index is 13.7. The van der Waals surface area contributed by atoms with Crippen LogP contribution in [0.4, 0.5) is 11.6 Å². The van der Waals surface area contributed by atoms with Crippen molar-refractivity contribution in [1.29, 1.82) is 0 Å². The van der Waals surface area contributed by atoms with E-state index in [0.29, 0.717) is 57.1 Å². The number of hydrogen-bond acceptors (Lipinski definition) is 9. The summed E-state index contributed by atoms with van der Waals surface area (Å²) in [5.41, 5.74) is 2.94. The molecule has 38 heavy (non-hydrogen) atoms. The van der Waals surface area contributed by atoms with E-state index in [4.69, 9.17) is 19.3 Å². The van der Waals surface area contributed by atoms with Gasteiger partial charge in [-0.05, 0) is 61.0 Å². The molecule has 0 radical (unpaired) electrons. The lowest BCUT2D eigenvalue weighted by Gasteiger charge is -2.29. The fourth-order valence-corrected chi connectivity index (χ4v) is 4.38. The molecule has 0 spiro atoms. The molecular weight excluding hydrogens is 488 g/mol. The number of carbonyl (C=O) groups excluding carboxylic acids is 1. The molecule has 1 atom stereocenters. The second-order valence-electron chi connectivity index (χ2n) is 8.47. The van der Waals surface area contributed by atoms with Crippen molar-refractivity contribution in [2.45, 2.75) is 13.0 Å². The van der Waals surface area contributed by atoms with Crippen LogP contribution in [0.3, 0.4) is 0 Å². The number of nitrogens with one attached hydrogen (secondary N) is 2. The predicted molar refractivity (Wildman–Crippen MR) is 141 cm³/mol. The number of amides is 1. The summed E-state index contributed by atoms with van der Waals surface area (Å²) in [6, 6.07) is 13.0. The number of anilines is 2. The number of ether oxygens (including phenoxy) is 3. The smallest absolute Gasteiger partial charge is 0.255 e. The number of fused-ring (bicyclic) bond motifs is 1. The van der Waals surface area contributed by atoms with Crippen molar-refractivity contribution in [1.82, 2.24) is 19.7 Å². The summed E-state index contributed by atoms with van der Waals surface area (Å²) in [6.07, 6.45) is 3.20. The summed E-state index contributed by atoms with van der Waals surface area (Å²) >= 11 is 0. The number of aromatic hydroxyl groups is 1. The summed E-state index contributed by atoms with van der Waals surface area (Å²) in [5.74, 6) is 1.97. The molecule has 2 aromatic heterocycles. The van der Waals surface area contributed by atoms with Gasteiger partial charge in [0.25, 0.3) is 5.91 Å². The molecule has 0 bridgehead atoms. The number of phenols is 1. The number of rotatable bonds is 7. The Morgan fingerprint density at radius 3 is 2.37 bits per heavy atom. The van der Waals surface area contributed by atoms with Gasteiger partial charge in [-0.25, -0.2) is 4.68 Å². The van der Waals surface area contributed by atoms with Gasteiger partial charge in [-0.15, -0.1) is 5.10 Å². The lowest BCUT2D eigenvalue weighted by Crippen LogP contribution is -2.31. The molecule has 3 N–H and O–H groups in total. The SMILES string of the molecule is COc1cc(C2C(C(=O)Nc3cccnc3)=C(C)Nc3nc(-c4ccc(O)cc4)nn32)cc(OC)c1OC. The Kier molecular flexibility index (Phi) is 6.56. The number of phenolic OH excluding ortho intramolecular Hbond substituents is 1. The fraction of sp³-hybridized carbons (Fsp3) is 0.185. The van der Waals surface area contributed by atoms with Crippen molar-refractivity contribution in [2.24, 2.45) is 0 Å². The molecule has 5 rings (SSSR count). The van der Waals surface area contributed by atoms with Crippen LogP contribution in [0, 0.1) is 0 Å². The number of pyridine rings is 1. The molecule has 1 aliphatic heterocycles. The molecule has 1 amide bonds. The third-order valence-corrected chi connectivity index (χ3v) is 6.14. The highest BCUT2D eigenvalue weighted by Crippen LogP contribution is 2.44. The van der Waals surface area contributed by atoms with E-state index in [-0.39, 0.29) is 11.7 Å². The minimum atomic E-state index is -0.699. The normalized spacial score (nSPS) is 14.4. The Morgan fingerprint density at radius 1 is 1.05 bits per heavy atom. The first-order valence-electron chi connectivity index (χ1n) is 11.7. The maximum Gasteiger partial charge on any atom is 0.255 e. The second-order valence-corrected chi connectivity index (χ2v) is 8.47. The minimum Gasteiger partial charge on any atom is -0.508 e. The Balaban J connectivity index is 1.67. The topological polar surface area (TPSA) is 133 Å². The third kappa shape index (κ3) is 4.45. The average molecular weight is 515 g/mol. The summed E-state index contributed by atoms with van der Waals surface area (Å²) < 4.78 is 18.3. The molecule has 1 unspecified atom stereocenters. The fourth-order valence-electron chi connectivity index (χ4n) is 4.38. The standard InChI is InChI=1S/C27H26N6O5/c1-15-22(26(35)30-18-6-5-11-28-14-18)23(17-12-20(36-2)24(38-4)21(13-17)37-3)33-27(29-15)31-25(32-33)16-7-9-19(34)10-8-16/h5-14,23,34H,1-4H3,(H,30,35)(H,29,31,32). The predicted octanol–water partition coefficient (Wildman–Crippen LogP) is 4.00. The van der Waals surface area contributed by atoms with Crippen LogP contribution in [-0.2, 0) is 4.79 Å². The molecule has 0 aliphatic carbocycles. The average Bonchev–Trinajstić information content (AvgIpc) is 3.35. The van der Waals surface area contributed by atoms with Crippen molar-refractivity contribution < 1.29 is 24.1 Å². The van der Waals surface area contributed by atoms with Crippen LogP contribution in [0.2, 0.25) is 0 Å². The van der Waals surface area contributed by atoms with Gasteiger partial charge in [-0.2, -0.15) is 4.98 Å². The third-order valence-electron chi connectivity index (χ3n) is 6.14. The van der Waals surface area contributed by atoms with Crippen molar-refractivity contribution >= 4 is 17.5 Å². The zero-order chi connectivity index (χ0) is 26.8. The maximum absolute atomic E-state index is 13.7. The minimum absolute atomic E-state index is 0.137. The first kappa shape index (κ1) is 24.6. The quantitative estimate of drug-likeness (QED) is 0.335. The number of methoxy groups -OCH3 is 3. The summed E-state index contributed by atoms with van der Waals surface area (Å²) in [4.78, 5) is 22.5. The van der Waals surface area contributed by atoms with E-state index in [1.807, 2.05) is 6.92 Å². The van der Waals surface area contributed by atoms with E-state index >= 15 is 0 Å². The van der Waals surface area contributed by atoms with E-state index < -0.39 is 6.04 Å². The van der Waals surface area contributed by atoms with Crippen molar-refractivity contribution in [2.75, 3.05) is 32.0 Å². The summed E-state index contributed by atoms with van der Waals surface area (Å²) in [6.45, 7) is 1.81. The Morgan fingerprint density at radius 2 is 1.76 bits per heavy atom. The van der Waals surface area contributed by atoms with Gasteiger partial charge >= 0.3 is 0 Å². The molecular formula is C27H26N6O5. The van der Waals surface area contributed by atoms with Gasteiger partial charge in [0, 0.05) is 17.5 Å². The summed E-state index contributed by atoms with van der Waals surface area (Å²) in [7, 11) is 4.59. The first-order chi connectivity index (χ1) is 18.4. The van der Waals surface area contributed by atoms with E-state index in [1.165, 1.54) is 21.3 Å². The molecule has 194 valence electrons. The van der Waals surface area contributed by atoms with Crippen LogP contribution in [0.1, 0.15) is 18.5 Å². The Hall–Kier alpha value is -5.06. The van der Waals surface area contributed by atoms with Crippen LogP contribution < -0.4 is 24.8 Å². The van der Waals surface area contributed by atoms with E-state index in [1.54, 1.807) is 65.6 Å². The monoisotopic (exact) mass is 514 g/mol. The van der Waals surface area contributed by atoms with Crippen LogP contribution >= 0.6 is 0 Å².